The van der Waals surface area contributed by atoms with E-state index in [0.717, 1.165) is 24.2 Å². The molecule has 1 N–H and O–H groups in total. The monoisotopic (exact) mass is 249 g/mol. The number of aromatic nitrogens is 1. The van der Waals surface area contributed by atoms with Crippen molar-refractivity contribution in [3.05, 3.63) is 23.9 Å². The predicted molar refractivity (Wildman–Crippen MR) is 69.4 cm³/mol. The van der Waals surface area contributed by atoms with Gasteiger partial charge in [0.1, 0.15) is 11.9 Å². The first-order chi connectivity index (χ1) is 8.66. The Bertz CT molecular complexity index is 414. The van der Waals surface area contributed by atoms with Crippen LogP contribution in [0, 0.1) is 0 Å². The first-order valence-corrected chi connectivity index (χ1v) is 6.18. The molecule has 2 heterocycles. The second-order valence-electron chi connectivity index (χ2n) is 4.64. The Morgan fingerprint density at radius 2 is 2.44 bits per heavy atom. The van der Waals surface area contributed by atoms with Gasteiger partial charge < -0.3 is 15.0 Å². The summed E-state index contributed by atoms with van der Waals surface area (Å²) >= 11 is 0. The van der Waals surface area contributed by atoms with Gasteiger partial charge in [-0.15, -0.1) is 0 Å². The van der Waals surface area contributed by atoms with Crippen LogP contribution in [0.25, 0.3) is 0 Å². The number of anilines is 1. The average molecular weight is 249 g/mol. The highest BCUT2D eigenvalue weighted by molar-refractivity contribution is 5.80. The van der Waals surface area contributed by atoms with Crippen LogP contribution in [0.2, 0.25) is 0 Å². The van der Waals surface area contributed by atoms with E-state index in [1.165, 1.54) is 0 Å². The molecule has 0 radical (unpaired) electrons. The number of nitrogens with one attached hydrogen (secondary N) is 1. The number of carbonyl (C=O) groups is 1. The number of rotatable bonds is 4. The zero-order valence-corrected chi connectivity index (χ0v) is 10.8. The quantitative estimate of drug-likeness (QED) is 0.863. The lowest BCUT2D eigenvalue weighted by Crippen LogP contribution is -2.33. The molecule has 1 aromatic rings. The van der Waals surface area contributed by atoms with E-state index >= 15 is 0 Å². The highest BCUT2D eigenvalue weighted by atomic mass is 16.5. The number of amides is 1. The van der Waals surface area contributed by atoms with E-state index in [1.54, 1.807) is 6.20 Å². The predicted octanol–water partition coefficient (Wildman–Crippen LogP) is 0.943. The van der Waals surface area contributed by atoms with Crippen LogP contribution in [0.1, 0.15) is 18.4 Å². The molecule has 18 heavy (non-hydrogen) atoms. The number of hydrogen-bond donors (Lipinski definition) is 1. The summed E-state index contributed by atoms with van der Waals surface area (Å²) in [4.78, 5) is 17.9. The van der Waals surface area contributed by atoms with Crippen molar-refractivity contribution in [1.82, 2.24) is 10.3 Å². The largest absolute Gasteiger partial charge is 0.368 e. The molecule has 1 saturated heterocycles. The van der Waals surface area contributed by atoms with Gasteiger partial charge in [0.2, 0.25) is 5.91 Å². The summed E-state index contributed by atoms with van der Waals surface area (Å²) in [6.45, 7) is 1.21. The standard InChI is InChI=1S/C13H19N3O2/c1-16(2)12-8-10(5-6-14-12)9-15-13(17)11-4-3-7-18-11/h5-6,8,11H,3-4,7,9H2,1-2H3,(H,15,17). The van der Waals surface area contributed by atoms with Gasteiger partial charge in [-0.1, -0.05) is 0 Å². The molecule has 0 aromatic carbocycles. The van der Waals surface area contributed by atoms with Crippen molar-refractivity contribution >= 4 is 11.7 Å². The third-order valence-corrected chi connectivity index (χ3v) is 2.96. The van der Waals surface area contributed by atoms with Gasteiger partial charge in [-0.2, -0.15) is 0 Å². The smallest absolute Gasteiger partial charge is 0.249 e. The molecule has 1 atom stereocenters. The van der Waals surface area contributed by atoms with Crippen molar-refractivity contribution in [3.8, 4) is 0 Å². The Morgan fingerprint density at radius 1 is 1.61 bits per heavy atom. The summed E-state index contributed by atoms with van der Waals surface area (Å²) in [5.74, 6) is 0.870. The minimum Gasteiger partial charge on any atom is -0.368 e. The van der Waals surface area contributed by atoms with E-state index in [1.807, 2.05) is 31.1 Å². The normalized spacial score (nSPS) is 18.7. The molecule has 1 unspecified atom stereocenters. The van der Waals surface area contributed by atoms with Crippen LogP contribution in [0.15, 0.2) is 18.3 Å². The van der Waals surface area contributed by atoms with Crippen LogP contribution in [-0.4, -0.2) is 37.7 Å². The molecule has 0 bridgehead atoms. The van der Waals surface area contributed by atoms with Crippen molar-refractivity contribution in [2.45, 2.75) is 25.5 Å². The van der Waals surface area contributed by atoms with Crippen LogP contribution in [0.5, 0.6) is 0 Å². The van der Waals surface area contributed by atoms with Gasteiger partial charge in [-0.05, 0) is 30.5 Å². The number of ether oxygens (including phenoxy) is 1. The van der Waals surface area contributed by atoms with Crippen molar-refractivity contribution in [3.63, 3.8) is 0 Å². The molecule has 5 nitrogen and oxygen atoms in total. The van der Waals surface area contributed by atoms with Crippen LogP contribution in [-0.2, 0) is 16.1 Å². The minimum absolute atomic E-state index is 0.0179. The zero-order valence-electron chi connectivity index (χ0n) is 10.8. The fraction of sp³-hybridized carbons (Fsp3) is 0.538. The second-order valence-corrected chi connectivity index (χ2v) is 4.64. The maximum absolute atomic E-state index is 11.8. The SMILES string of the molecule is CN(C)c1cc(CNC(=O)C2CCCO2)ccn1. The number of carbonyl (C=O) groups excluding carboxylic acids is 1. The lowest BCUT2D eigenvalue weighted by Gasteiger charge is -2.13. The van der Waals surface area contributed by atoms with Crippen molar-refractivity contribution in [2.24, 2.45) is 0 Å². The van der Waals surface area contributed by atoms with E-state index in [9.17, 15) is 4.79 Å². The Kier molecular flexibility index (Phi) is 4.15. The van der Waals surface area contributed by atoms with Gasteiger partial charge in [-0.3, -0.25) is 4.79 Å². The Morgan fingerprint density at radius 3 is 3.11 bits per heavy atom. The fourth-order valence-electron chi connectivity index (χ4n) is 1.90. The highest BCUT2D eigenvalue weighted by Crippen LogP contribution is 2.13. The maximum Gasteiger partial charge on any atom is 0.249 e. The first kappa shape index (κ1) is 12.8. The number of nitrogens with zero attached hydrogens (tertiary/aromatic N) is 2. The molecular weight excluding hydrogens is 230 g/mol. The van der Waals surface area contributed by atoms with Crippen LogP contribution < -0.4 is 10.2 Å². The van der Waals surface area contributed by atoms with E-state index in [2.05, 4.69) is 10.3 Å². The van der Waals surface area contributed by atoms with Crippen molar-refractivity contribution < 1.29 is 9.53 Å². The summed E-state index contributed by atoms with van der Waals surface area (Å²) in [7, 11) is 3.88. The topological polar surface area (TPSA) is 54.5 Å². The highest BCUT2D eigenvalue weighted by Gasteiger charge is 2.22. The summed E-state index contributed by atoms with van der Waals surface area (Å²) in [6, 6.07) is 3.87. The molecular formula is C13H19N3O2. The average Bonchev–Trinajstić information content (AvgIpc) is 2.90. The lowest BCUT2D eigenvalue weighted by molar-refractivity contribution is -0.130. The molecule has 2 rings (SSSR count). The van der Waals surface area contributed by atoms with Gasteiger partial charge in [-0.25, -0.2) is 4.98 Å². The minimum atomic E-state index is -0.264. The van der Waals surface area contributed by atoms with Gasteiger partial charge in [0, 0.05) is 33.4 Å². The molecule has 0 aliphatic carbocycles. The van der Waals surface area contributed by atoms with Crippen molar-refractivity contribution in [1.29, 1.82) is 0 Å². The molecule has 1 fully saturated rings. The fourth-order valence-corrected chi connectivity index (χ4v) is 1.90. The molecule has 1 amide bonds. The first-order valence-electron chi connectivity index (χ1n) is 6.18. The Hall–Kier alpha value is -1.62. The second kappa shape index (κ2) is 5.82. The van der Waals surface area contributed by atoms with Crippen LogP contribution in [0.4, 0.5) is 5.82 Å². The Labute approximate surface area is 107 Å². The van der Waals surface area contributed by atoms with Gasteiger partial charge in [0.15, 0.2) is 0 Å². The van der Waals surface area contributed by atoms with Gasteiger partial charge >= 0.3 is 0 Å². The van der Waals surface area contributed by atoms with Gasteiger partial charge in [0.25, 0.3) is 0 Å². The molecule has 1 aliphatic heterocycles. The molecule has 1 aromatic heterocycles. The third-order valence-electron chi connectivity index (χ3n) is 2.96. The summed E-state index contributed by atoms with van der Waals surface area (Å²) < 4.78 is 5.33. The molecule has 5 heteroatoms. The van der Waals surface area contributed by atoms with Crippen molar-refractivity contribution in [2.75, 3.05) is 25.6 Å². The summed E-state index contributed by atoms with van der Waals surface area (Å²) in [5, 5.41) is 2.90. The Balaban J connectivity index is 1.89. The summed E-state index contributed by atoms with van der Waals surface area (Å²) in [6.07, 6.45) is 3.28. The zero-order chi connectivity index (χ0) is 13.0. The van der Waals surface area contributed by atoms with Crippen LogP contribution >= 0.6 is 0 Å². The molecule has 1 aliphatic rings. The third kappa shape index (κ3) is 3.20. The van der Waals surface area contributed by atoms with Crippen LogP contribution in [0.3, 0.4) is 0 Å². The number of hydrogen-bond acceptors (Lipinski definition) is 4. The van der Waals surface area contributed by atoms with E-state index in [4.69, 9.17) is 4.74 Å². The van der Waals surface area contributed by atoms with E-state index < -0.39 is 0 Å². The number of pyridine rings is 1. The van der Waals surface area contributed by atoms with E-state index in [-0.39, 0.29) is 12.0 Å². The molecule has 0 spiro atoms. The summed E-state index contributed by atoms with van der Waals surface area (Å²) in [5.41, 5.74) is 1.04. The molecule has 0 saturated carbocycles. The lowest BCUT2D eigenvalue weighted by atomic mass is 10.2. The maximum atomic E-state index is 11.8. The van der Waals surface area contributed by atoms with Gasteiger partial charge in [0.05, 0.1) is 0 Å². The van der Waals surface area contributed by atoms with E-state index in [0.29, 0.717) is 13.2 Å². The molecule has 98 valence electrons.